The molecule has 3 amide bonds. The number of carbonyl (C=O) groups excluding carboxylic acids is 2. The van der Waals surface area contributed by atoms with Gasteiger partial charge in [0, 0.05) is 38.4 Å². The van der Waals surface area contributed by atoms with Crippen molar-refractivity contribution in [3.8, 4) is 0 Å². The molecular weight excluding hydrogens is 644 g/mol. The lowest BCUT2D eigenvalue weighted by Gasteiger charge is -2.34. The third-order valence-electron chi connectivity index (χ3n) is 8.55. The van der Waals surface area contributed by atoms with Crippen LogP contribution in [0.2, 0.25) is 0 Å². The number of anilines is 1. The van der Waals surface area contributed by atoms with Crippen LogP contribution in [0.15, 0.2) is 88.9 Å². The number of aliphatic hydroxyl groups is 1. The predicted molar refractivity (Wildman–Crippen MR) is 190 cm³/mol. The topological polar surface area (TPSA) is 166 Å². The summed E-state index contributed by atoms with van der Waals surface area (Å²) in [5.41, 5.74) is 8.86. The standard InChI is InChI=1S/C36H48N6O6S/c1-25(2)22-41(49(47,48)31-15-13-28(14-16-31)21-38-46)24-33(43)32(20-27-9-6-5-7-10-27)39-35(44)34(26(3)4)42-18-17-40(36(42)45)23-29-11-8-12-30(37)19-29/h5-16,19,25-26,32-34,43H,17-18,20-24,37H2,1-4H3,(H,39,44)/t32-,33+,34-/m0/s1. The lowest BCUT2D eigenvalue weighted by atomic mass is 9.97. The predicted octanol–water partition coefficient (Wildman–Crippen LogP) is 4.23. The van der Waals surface area contributed by atoms with Crippen LogP contribution in [0.3, 0.4) is 0 Å². The van der Waals surface area contributed by atoms with Gasteiger partial charge in [-0.25, -0.2) is 13.2 Å². The van der Waals surface area contributed by atoms with Crippen LogP contribution in [0.25, 0.3) is 0 Å². The van der Waals surface area contributed by atoms with Crippen LogP contribution in [-0.2, 0) is 34.3 Å². The van der Waals surface area contributed by atoms with Gasteiger partial charge in [-0.15, -0.1) is 0 Å². The van der Waals surface area contributed by atoms with Gasteiger partial charge >= 0.3 is 6.03 Å². The molecule has 1 aliphatic rings. The SMILES string of the molecule is CC(C)CN(C[C@@H](O)[C@H](Cc1ccccc1)NC(=O)[C@H](C(C)C)N1CCN(Cc2cccc(N)c2)C1=O)S(=O)(=O)c1ccc(CN=O)cc1. The Labute approximate surface area is 289 Å². The van der Waals surface area contributed by atoms with Crippen molar-refractivity contribution < 1.29 is 23.1 Å². The number of nitrogens with two attached hydrogens (primary N) is 1. The molecule has 1 aliphatic heterocycles. The van der Waals surface area contributed by atoms with Crippen LogP contribution in [0.4, 0.5) is 10.5 Å². The van der Waals surface area contributed by atoms with Crippen molar-refractivity contribution in [1.29, 1.82) is 0 Å². The highest BCUT2D eigenvalue weighted by atomic mass is 32.2. The van der Waals surface area contributed by atoms with E-state index in [0.717, 1.165) is 11.1 Å². The fraction of sp³-hybridized carbons (Fsp3) is 0.444. The molecule has 3 aromatic rings. The first kappa shape index (κ1) is 37.5. The molecule has 1 heterocycles. The molecule has 3 aromatic carbocycles. The molecule has 0 unspecified atom stereocenters. The zero-order valence-electron chi connectivity index (χ0n) is 28.6. The van der Waals surface area contributed by atoms with Gasteiger partial charge in [-0.2, -0.15) is 9.21 Å². The fourth-order valence-electron chi connectivity index (χ4n) is 6.15. The van der Waals surface area contributed by atoms with Crippen molar-refractivity contribution in [1.82, 2.24) is 19.4 Å². The third kappa shape index (κ3) is 9.87. The minimum atomic E-state index is -4.06. The van der Waals surface area contributed by atoms with Gasteiger partial charge in [0.2, 0.25) is 15.9 Å². The van der Waals surface area contributed by atoms with Crippen molar-refractivity contribution in [3.63, 3.8) is 0 Å². The van der Waals surface area contributed by atoms with Gasteiger partial charge in [-0.1, -0.05) is 87.5 Å². The van der Waals surface area contributed by atoms with E-state index in [-0.39, 0.29) is 48.8 Å². The largest absolute Gasteiger partial charge is 0.399 e. The van der Waals surface area contributed by atoms with Crippen LogP contribution in [0.1, 0.15) is 44.4 Å². The summed E-state index contributed by atoms with van der Waals surface area (Å²) in [6.07, 6.45) is -1.06. The van der Waals surface area contributed by atoms with Crippen molar-refractivity contribution in [2.45, 2.75) is 70.3 Å². The highest BCUT2D eigenvalue weighted by Crippen LogP contribution is 2.23. The first-order valence-electron chi connectivity index (χ1n) is 16.6. The molecule has 264 valence electrons. The van der Waals surface area contributed by atoms with Gasteiger partial charge in [0.15, 0.2) is 0 Å². The number of urea groups is 1. The molecule has 1 saturated heterocycles. The number of nitrogens with zero attached hydrogens (tertiary/aromatic N) is 4. The Bertz CT molecular complexity index is 1670. The molecule has 0 aromatic heterocycles. The molecule has 4 rings (SSSR count). The van der Waals surface area contributed by atoms with Gasteiger partial charge in [-0.05, 0) is 59.2 Å². The second kappa shape index (κ2) is 16.9. The Morgan fingerprint density at radius 3 is 2.22 bits per heavy atom. The molecule has 12 nitrogen and oxygen atoms in total. The summed E-state index contributed by atoms with van der Waals surface area (Å²) in [6.45, 7) is 8.43. The van der Waals surface area contributed by atoms with Gasteiger partial charge in [-0.3, -0.25) is 4.79 Å². The summed E-state index contributed by atoms with van der Waals surface area (Å²) in [5.74, 6) is -0.739. The number of amides is 3. The number of hydrogen-bond acceptors (Lipinski definition) is 8. The molecule has 3 atom stereocenters. The Kier molecular flexibility index (Phi) is 12.9. The maximum Gasteiger partial charge on any atom is 0.321 e. The Balaban J connectivity index is 1.57. The molecule has 0 aliphatic carbocycles. The number of sulfonamides is 1. The lowest BCUT2D eigenvalue weighted by molar-refractivity contribution is -0.128. The summed E-state index contributed by atoms with van der Waals surface area (Å²) in [7, 11) is -4.06. The van der Waals surface area contributed by atoms with E-state index < -0.39 is 34.1 Å². The number of nitrogens with one attached hydrogen (secondary N) is 1. The number of aliphatic hydroxyl groups excluding tert-OH is 1. The normalized spacial score (nSPS) is 15.6. The zero-order chi connectivity index (χ0) is 35.7. The second-order valence-corrected chi connectivity index (χ2v) is 15.3. The van der Waals surface area contributed by atoms with E-state index >= 15 is 0 Å². The highest BCUT2D eigenvalue weighted by molar-refractivity contribution is 7.89. The summed E-state index contributed by atoms with van der Waals surface area (Å²) < 4.78 is 28.9. The van der Waals surface area contributed by atoms with Crippen molar-refractivity contribution in [2.24, 2.45) is 17.0 Å². The van der Waals surface area contributed by atoms with Crippen molar-refractivity contribution in [2.75, 3.05) is 31.9 Å². The number of nitroso groups, excluding NO2 is 1. The van der Waals surface area contributed by atoms with Crippen LogP contribution in [0.5, 0.6) is 0 Å². The van der Waals surface area contributed by atoms with E-state index in [0.29, 0.717) is 30.9 Å². The lowest BCUT2D eigenvalue weighted by Crippen LogP contribution is -2.57. The molecule has 0 saturated carbocycles. The van der Waals surface area contributed by atoms with E-state index in [1.165, 1.54) is 16.4 Å². The summed E-state index contributed by atoms with van der Waals surface area (Å²) in [6, 6.07) is 20.6. The number of benzene rings is 3. The maximum absolute atomic E-state index is 14.1. The summed E-state index contributed by atoms with van der Waals surface area (Å²) in [4.78, 5) is 41.6. The van der Waals surface area contributed by atoms with Gasteiger partial charge in [0.1, 0.15) is 12.6 Å². The Hall–Kier alpha value is -4.33. The van der Waals surface area contributed by atoms with E-state index in [1.54, 1.807) is 28.0 Å². The maximum atomic E-state index is 14.1. The van der Waals surface area contributed by atoms with Crippen LogP contribution >= 0.6 is 0 Å². The molecule has 0 bridgehead atoms. The van der Waals surface area contributed by atoms with E-state index in [9.17, 15) is 28.0 Å². The summed E-state index contributed by atoms with van der Waals surface area (Å²) in [5, 5.41) is 17.6. The molecule has 0 spiro atoms. The van der Waals surface area contributed by atoms with E-state index in [4.69, 9.17) is 5.73 Å². The molecule has 13 heteroatoms. The van der Waals surface area contributed by atoms with E-state index in [1.807, 2.05) is 76.2 Å². The molecule has 49 heavy (non-hydrogen) atoms. The van der Waals surface area contributed by atoms with E-state index in [2.05, 4.69) is 10.5 Å². The Morgan fingerprint density at radius 2 is 1.61 bits per heavy atom. The minimum absolute atomic E-state index is 0.0220. The molecule has 4 N–H and O–H groups in total. The number of carbonyl (C=O) groups is 2. The third-order valence-corrected chi connectivity index (χ3v) is 10.4. The molecular formula is C36H48N6O6S. The average molecular weight is 693 g/mol. The van der Waals surface area contributed by atoms with Gasteiger partial charge < -0.3 is 26.0 Å². The fourth-order valence-corrected chi connectivity index (χ4v) is 7.77. The van der Waals surface area contributed by atoms with Crippen molar-refractivity contribution in [3.05, 3.63) is 100 Å². The quantitative estimate of drug-likeness (QED) is 0.141. The molecule has 0 radical (unpaired) electrons. The Morgan fingerprint density at radius 1 is 0.939 bits per heavy atom. The zero-order valence-corrected chi connectivity index (χ0v) is 29.4. The smallest absolute Gasteiger partial charge is 0.321 e. The number of nitrogen functional groups attached to an aromatic ring is 1. The van der Waals surface area contributed by atoms with Crippen LogP contribution in [-0.4, -0.2) is 83.9 Å². The average Bonchev–Trinajstić information content (AvgIpc) is 3.39. The number of rotatable bonds is 17. The second-order valence-electron chi connectivity index (χ2n) is 13.4. The van der Waals surface area contributed by atoms with Gasteiger partial charge in [0.05, 0.1) is 17.0 Å². The highest BCUT2D eigenvalue weighted by Gasteiger charge is 2.40. The summed E-state index contributed by atoms with van der Waals surface area (Å²) >= 11 is 0. The first-order chi connectivity index (χ1) is 23.3. The van der Waals surface area contributed by atoms with Crippen molar-refractivity contribution >= 4 is 27.6 Å². The first-order valence-corrected chi connectivity index (χ1v) is 18.0. The number of hydrogen-bond donors (Lipinski definition) is 3. The molecule has 1 fully saturated rings. The van der Waals surface area contributed by atoms with Crippen LogP contribution < -0.4 is 11.1 Å². The monoisotopic (exact) mass is 692 g/mol. The van der Waals surface area contributed by atoms with Gasteiger partial charge in [0.25, 0.3) is 0 Å². The van der Waals surface area contributed by atoms with Crippen LogP contribution in [0, 0.1) is 16.7 Å². The minimum Gasteiger partial charge on any atom is -0.399 e.